The van der Waals surface area contributed by atoms with Gasteiger partial charge in [-0.2, -0.15) is 0 Å². The van der Waals surface area contributed by atoms with E-state index < -0.39 is 11.9 Å². The Balaban J connectivity index is 2.25. The maximum Gasteiger partial charge on any atom is 0.130 e. The maximum absolute atomic E-state index is 13.8. The van der Waals surface area contributed by atoms with Gasteiger partial charge in [0.05, 0.1) is 11.1 Å². The van der Waals surface area contributed by atoms with Gasteiger partial charge >= 0.3 is 0 Å². The first kappa shape index (κ1) is 14.5. The van der Waals surface area contributed by atoms with Gasteiger partial charge in [0.15, 0.2) is 0 Å². The standard InChI is InChI=1S/C15H13BrClFO/c1-9-3-2-4-10(5-9)6-15(19)11-7-13(17)12(16)8-14(11)18/h2-5,7-8,15,19H,6H2,1H3. The third-order valence-corrected chi connectivity index (χ3v) is 4.11. The number of aliphatic hydroxyl groups is 1. The number of hydrogen-bond acceptors (Lipinski definition) is 1. The van der Waals surface area contributed by atoms with E-state index in [0.29, 0.717) is 15.9 Å². The van der Waals surface area contributed by atoms with Crippen LogP contribution in [0, 0.1) is 12.7 Å². The second kappa shape index (κ2) is 6.04. The zero-order valence-corrected chi connectivity index (χ0v) is 12.7. The van der Waals surface area contributed by atoms with Gasteiger partial charge in [-0.15, -0.1) is 0 Å². The van der Waals surface area contributed by atoms with Crippen molar-refractivity contribution >= 4 is 27.5 Å². The fourth-order valence-electron chi connectivity index (χ4n) is 1.97. The smallest absolute Gasteiger partial charge is 0.130 e. The Kier molecular flexibility index (Phi) is 4.61. The molecule has 1 atom stereocenters. The molecular formula is C15H13BrClFO. The Morgan fingerprint density at radius 3 is 2.74 bits per heavy atom. The molecule has 0 heterocycles. The monoisotopic (exact) mass is 342 g/mol. The molecule has 0 aliphatic rings. The summed E-state index contributed by atoms with van der Waals surface area (Å²) in [7, 11) is 0. The minimum Gasteiger partial charge on any atom is -0.388 e. The lowest BCUT2D eigenvalue weighted by molar-refractivity contribution is 0.173. The van der Waals surface area contributed by atoms with Gasteiger partial charge in [0.1, 0.15) is 5.82 Å². The molecule has 1 N–H and O–H groups in total. The van der Waals surface area contributed by atoms with Gasteiger partial charge in [0, 0.05) is 16.5 Å². The van der Waals surface area contributed by atoms with Crippen molar-refractivity contribution in [1.82, 2.24) is 0 Å². The quantitative estimate of drug-likeness (QED) is 0.792. The molecule has 2 aromatic carbocycles. The van der Waals surface area contributed by atoms with Gasteiger partial charge in [-0.05, 0) is 40.5 Å². The predicted molar refractivity (Wildman–Crippen MR) is 79.0 cm³/mol. The molecule has 2 aromatic rings. The van der Waals surface area contributed by atoms with E-state index in [1.807, 2.05) is 31.2 Å². The summed E-state index contributed by atoms with van der Waals surface area (Å²) in [4.78, 5) is 0. The van der Waals surface area contributed by atoms with E-state index in [9.17, 15) is 9.50 Å². The molecule has 0 radical (unpaired) electrons. The lowest BCUT2D eigenvalue weighted by Gasteiger charge is -2.13. The summed E-state index contributed by atoms with van der Waals surface area (Å²) < 4.78 is 14.3. The SMILES string of the molecule is Cc1cccc(CC(O)c2cc(Cl)c(Br)cc2F)c1. The molecule has 0 aliphatic heterocycles. The molecule has 1 unspecified atom stereocenters. The largest absolute Gasteiger partial charge is 0.388 e. The molecule has 0 spiro atoms. The van der Waals surface area contributed by atoms with E-state index >= 15 is 0 Å². The highest BCUT2D eigenvalue weighted by Crippen LogP contribution is 2.30. The zero-order valence-electron chi connectivity index (χ0n) is 10.3. The van der Waals surface area contributed by atoms with Gasteiger partial charge < -0.3 is 5.11 Å². The highest BCUT2D eigenvalue weighted by molar-refractivity contribution is 9.10. The van der Waals surface area contributed by atoms with E-state index in [1.54, 1.807) is 0 Å². The first-order valence-electron chi connectivity index (χ1n) is 5.85. The van der Waals surface area contributed by atoms with Crippen LogP contribution < -0.4 is 0 Å². The van der Waals surface area contributed by atoms with E-state index in [-0.39, 0.29) is 5.56 Å². The number of hydrogen-bond donors (Lipinski definition) is 1. The lowest BCUT2D eigenvalue weighted by Crippen LogP contribution is -2.05. The van der Waals surface area contributed by atoms with Crippen LogP contribution in [0.2, 0.25) is 5.02 Å². The van der Waals surface area contributed by atoms with Crippen LogP contribution >= 0.6 is 27.5 Å². The third kappa shape index (κ3) is 3.56. The van der Waals surface area contributed by atoms with Crippen LogP contribution in [0.25, 0.3) is 0 Å². The molecule has 0 bridgehead atoms. The summed E-state index contributed by atoms with van der Waals surface area (Å²) in [5.74, 6) is -0.462. The minimum absolute atomic E-state index is 0.217. The van der Waals surface area contributed by atoms with Gasteiger partial charge in [-0.25, -0.2) is 4.39 Å². The maximum atomic E-state index is 13.8. The first-order valence-corrected chi connectivity index (χ1v) is 7.02. The van der Waals surface area contributed by atoms with Crippen LogP contribution in [0.5, 0.6) is 0 Å². The molecule has 0 aromatic heterocycles. The average Bonchev–Trinajstić information content (AvgIpc) is 2.33. The third-order valence-electron chi connectivity index (χ3n) is 2.91. The fourth-order valence-corrected chi connectivity index (χ4v) is 2.45. The van der Waals surface area contributed by atoms with Crippen molar-refractivity contribution in [3.8, 4) is 0 Å². The fraction of sp³-hybridized carbons (Fsp3) is 0.200. The Morgan fingerprint density at radius 1 is 1.32 bits per heavy atom. The first-order chi connectivity index (χ1) is 8.97. The Labute approximate surface area is 125 Å². The second-order valence-electron chi connectivity index (χ2n) is 4.50. The molecule has 0 saturated carbocycles. The number of aryl methyl sites for hydroxylation is 1. The Morgan fingerprint density at radius 2 is 2.05 bits per heavy atom. The van der Waals surface area contributed by atoms with Crippen molar-refractivity contribution in [2.75, 3.05) is 0 Å². The van der Waals surface area contributed by atoms with Crippen molar-refractivity contribution in [3.63, 3.8) is 0 Å². The summed E-state index contributed by atoms with van der Waals surface area (Å²) in [6.07, 6.45) is -0.552. The summed E-state index contributed by atoms with van der Waals surface area (Å²) in [5.41, 5.74) is 2.29. The Bertz CT molecular complexity index is 601. The van der Waals surface area contributed by atoms with Crippen molar-refractivity contribution in [2.24, 2.45) is 0 Å². The molecule has 1 nitrogen and oxygen atoms in total. The molecule has 0 amide bonds. The normalized spacial score (nSPS) is 12.5. The van der Waals surface area contributed by atoms with Crippen LogP contribution in [-0.4, -0.2) is 5.11 Å². The van der Waals surface area contributed by atoms with Crippen LogP contribution in [0.3, 0.4) is 0 Å². The average molecular weight is 344 g/mol. The number of benzene rings is 2. The highest BCUT2D eigenvalue weighted by atomic mass is 79.9. The summed E-state index contributed by atoms with van der Waals surface area (Å²) in [5, 5.41) is 10.5. The van der Waals surface area contributed by atoms with Crippen LogP contribution in [0.15, 0.2) is 40.9 Å². The predicted octanol–water partition coefficient (Wildman–Crippen LogP) is 4.83. The van der Waals surface area contributed by atoms with E-state index in [4.69, 9.17) is 11.6 Å². The zero-order chi connectivity index (χ0) is 14.0. The minimum atomic E-state index is -0.910. The molecule has 0 saturated heterocycles. The summed E-state index contributed by atoms with van der Waals surface area (Å²) in [6.45, 7) is 1.98. The summed E-state index contributed by atoms with van der Waals surface area (Å²) in [6, 6.07) is 10.5. The molecule has 4 heteroatoms. The van der Waals surface area contributed by atoms with Crippen LogP contribution in [0.4, 0.5) is 4.39 Å². The van der Waals surface area contributed by atoms with Gasteiger partial charge in [0.25, 0.3) is 0 Å². The molecule has 19 heavy (non-hydrogen) atoms. The van der Waals surface area contributed by atoms with Crippen LogP contribution in [0.1, 0.15) is 22.8 Å². The van der Waals surface area contributed by atoms with Crippen molar-refractivity contribution in [1.29, 1.82) is 0 Å². The molecule has 2 rings (SSSR count). The van der Waals surface area contributed by atoms with Gasteiger partial charge in [0.2, 0.25) is 0 Å². The van der Waals surface area contributed by atoms with Crippen molar-refractivity contribution in [2.45, 2.75) is 19.4 Å². The van der Waals surface area contributed by atoms with Crippen molar-refractivity contribution in [3.05, 3.63) is 68.4 Å². The number of halogens is 3. The van der Waals surface area contributed by atoms with Crippen molar-refractivity contribution < 1.29 is 9.50 Å². The highest BCUT2D eigenvalue weighted by Gasteiger charge is 2.15. The topological polar surface area (TPSA) is 20.2 Å². The van der Waals surface area contributed by atoms with E-state index in [0.717, 1.165) is 11.1 Å². The second-order valence-corrected chi connectivity index (χ2v) is 5.76. The van der Waals surface area contributed by atoms with Gasteiger partial charge in [-0.3, -0.25) is 0 Å². The van der Waals surface area contributed by atoms with Crippen LogP contribution in [-0.2, 0) is 6.42 Å². The van der Waals surface area contributed by atoms with E-state index in [2.05, 4.69) is 15.9 Å². The number of rotatable bonds is 3. The number of aliphatic hydroxyl groups excluding tert-OH is 1. The molecule has 100 valence electrons. The summed E-state index contributed by atoms with van der Waals surface area (Å²) >= 11 is 9.09. The van der Waals surface area contributed by atoms with E-state index in [1.165, 1.54) is 12.1 Å². The molecule has 0 fully saturated rings. The molecular weight excluding hydrogens is 331 g/mol. The molecule has 0 aliphatic carbocycles. The van der Waals surface area contributed by atoms with Gasteiger partial charge in [-0.1, -0.05) is 41.4 Å². The Hall–Kier alpha value is -0.900. The lowest BCUT2D eigenvalue weighted by atomic mass is 10.00.